The van der Waals surface area contributed by atoms with E-state index in [-0.39, 0.29) is 5.91 Å². The van der Waals surface area contributed by atoms with Crippen molar-refractivity contribution in [3.8, 4) is 0 Å². The first-order valence-electron chi connectivity index (χ1n) is 8.57. The largest absolute Gasteiger partial charge is 0.372 e. The van der Waals surface area contributed by atoms with Crippen molar-refractivity contribution in [2.24, 2.45) is 0 Å². The SMILES string of the molecule is CCN(CC)c1ccc(CN2[C@@H]3CC[C@H]2CNC(=O)C3)cc1. The Labute approximate surface area is 133 Å². The molecule has 0 spiro atoms. The van der Waals surface area contributed by atoms with Crippen molar-refractivity contribution in [1.29, 1.82) is 0 Å². The molecule has 2 aliphatic rings. The summed E-state index contributed by atoms with van der Waals surface area (Å²) in [6, 6.07) is 9.88. The average molecular weight is 301 g/mol. The number of anilines is 1. The topological polar surface area (TPSA) is 35.6 Å². The van der Waals surface area contributed by atoms with Crippen LogP contribution in [0.4, 0.5) is 5.69 Å². The molecular weight excluding hydrogens is 274 g/mol. The van der Waals surface area contributed by atoms with Gasteiger partial charge < -0.3 is 10.2 Å². The summed E-state index contributed by atoms with van der Waals surface area (Å²) in [5.41, 5.74) is 2.64. The predicted octanol–water partition coefficient (Wildman–Crippen LogP) is 2.39. The third-order valence-electron chi connectivity index (χ3n) is 5.16. The highest BCUT2D eigenvalue weighted by Gasteiger charge is 2.37. The van der Waals surface area contributed by atoms with Gasteiger partial charge in [0.25, 0.3) is 0 Å². The van der Waals surface area contributed by atoms with Gasteiger partial charge in [0.1, 0.15) is 0 Å². The number of benzene rings is 1. The number of hydrogen-bond acceptors (Lipinski definition) is 3. The van der Waals surface area contributed by atoms with Crippen LogP contribution in [0.1, 0.15) is 38.7 Å². The third kappa shape index (κ3) is 3.12. The van der Waals surface area contributed by atoms with Gasteiger partial charge in [-0.3, -0.25) is 9.69 Å². The number of nitrogens with zero attached hydrogens (tertiary/aromatic N) is 2. The van der Waals surface area contributed by atoms with Crippen LogP contribution >= 0.6 is 0 Å². The number of amides is 1. The summed E-state index contributed by atoms with van der Waals surface area (Å²) in [5.74, 6) is 0.217. The minimum atomic E-state index is 0.217. The van der Waals surface area contributed by atoms with Crippen LogP contribution < -0.4 is 10.2 Å². The van der Waals surface area contributed by atoms with E-state index in [1.165, 1.54) is 17.7 Å². The Kier molecular flexibility index (Phi) is 4.67. The Morgan fingerprint density at radius 3 is 2.50 bits per heavy atom. The molecule has 120 valence electrons. The second-order valence-corrected chi connectivity index (χ2v) is 6.40. The quantitative estimate of drug-likeness (QED) is 0.907. The summed E-state index contributed by atoms with van der Waals surface area (Å²) < 4.78 is 0. The Bertz CT molecular complexity index is 510. The van der Waals surface area contributed by atoms with Gasteiger partial charge in [-0.05, 0) is 44.4 Å². The Balaban J connectivity index is 1.69. The van der Waals surface area contributed by atoms with E-state index in [1.807, 2.05) is 0 Å². The lowest BCUT2D eigenvalue weighted by Gasteiger charge is -2.27. The highest BCUT2D eigenvalue weighted by molar-refractivity contribution is 5.77. The first-order chi connectivity index (χ1) is 10.7. The van der Waals surface area contributed by atoms with Crippen molar-refractivity contribution in [3.63, 3.8) is 0 Å². The van der Waals surface area contributed by atoms with Gasteiger partial charge in [-0.2, -0.15) is 0 Å². The smallest absolute Gasteiger partial charge is 0.221 e. The predicted molar refractivity (Wildman–Crippen MR) is 90.0 cm³/mol. The zero-order valence-corrected chi connectivity index (χ0v) is 13.7. The number of fused-ring (bicyclic) bond motifs is 2. The van der Waals surface area contributed by atoms with Crippen LogP contribution in [0.3, 0.4) is 0 Å². The van der Waals surface area contributed by atoms with Crippen molar-refractivity contribution in [2.45, 2.75) is 51.7 Å². The first kappa shape index (κ1) is 15.3. The van der Waals surface area contributed by atoms with Gasteiger partial charge in [-0.25, -0.2) is 0 Å². The number of rotatable bonds is 5. The van der Waals surface area contributed by atoms with Crippen molar-refractivity contribution < 1.29 is 4.79 Å². The van der Waals surface area contributed by atoms with Crippen molar-refractivity contribution in [1.82, 2.24) is 10.2 Å². The Hall–Kier alpha value is -1.55. The summed E-state index contributed by atoms with van der Waals surface area (Å²) in [6.45, 7) is 8.24. The lowest BCUT2D eigenvalue weighted by atomic mass is 10.1. The molecule has 22 heavy (non-hydrogen) atoms. The normalized spacial score (nSPS) is 24.9. The molecule has 0 unspecified atom stereocenters. The molecule has 1 aromatic carbocycles. The van der Waals surface area contributed by atoms with Crippen LogP contribution in [0, 0.1) is 0 Å². The molecular formula is C18H27N3O. The van der Waals surface area contributed by atoms with Crippen LogP contribution in [0.25, 0.3) is 0 Å². The van der Waals surface area contributed by atoms with E-state index in [2.05, 4.69) is 53.2 Å². The van der Waals surface area contributed by atoms with E-state index in [0.717, 1.165) is 32.6 Å². The van der Waals surface area contributed by atoms with Gasteiger partial charge in [0.2, 0.25) is 5.91 Å². The molecule has 2 aliphatic heterocycles. The molecule has 0 radical (unpaired) electrons. The molecule has 2 bridgehead atoms. The van der Waals surface area contributed by atoms with Crippen molar-refractivity contribution >= 4 is 11.6 Å². The van der Waals surface area contributed by atoms with Gasteiger partial charge in [-0.15, -0.1) is 0 Å². The molecule has 2 heterocycles. The number of nitrogens with one attached hydrogen (secondary N) is 1. The first-order valence-corrected chi connectivity index (χ1v) is 8.57. The van der Waals surface area contributed by atoms with Crippen LogP contribution in [-0.2, 0) is 11.3 Å². The fourth-order valence-corrected chi connectivity index (χ4v) is 3.84. The third-order valence-corrected chi connectivity index (χ3v) is 5.16. The van der Waals surface area contributed by atoms with E-state index in [0.29, 0.717) is 18.5 Å². The van der Waals surface area contributed by atoms with Gasteiger partial charge in [0.05, 0.1) is 0 Å². The molecule has 2 saturated heterocycles. The van der Waals surface area contributed by atoms with E-state index in [1.54, 1.807) is 0 Å². The summed E-state index contributed by atoms with van der Waals surface area (Å²) in [6.07, 6.45) is 3.03. The average Bonchev–Trinajstić information content (AvgIpc) is 2.81. The van der Waals surface area contributed by atoms with E-state index in [9.17, 15) is 4.79 Å². The van der Waals surface area contributed by atoms with Crippen LogP contribution in [0.2, 0.25) is 0 Å². The minimum absolute atomic E-state index is 0.217. The molecule has 0 saturated carbocycles. The molecule has 0 aromatic heterocycles. The molecule has 1 N–H and O–H groups in total. The molecule has 4 heteroatoms. The molecule has 4 nitrogen and oxygen atoms in total. The molecule has 3 rings (SSSR count). The second kappa shape index (κ2) is 6.69. The summed E-state index contributed by atoms with van der Waals surface area (Å²) in [5, 5.41) is 3.04. The summed E-state index contributed by atoms with van der Waals surface area (Å²) in [7, 11) is 0. The Morgan fingerprint density at radius 1 is 1.14 bits per heavy atom. The monoisotopic (exact) mass is 301 g/mol. The van der Waals surface area contributed by atoms with Gasteiger partial charge in [0.15, 0.2) is 0 Å². The summed E-state index contributed by atoms with van der Waals surface area (Å²) in [4.78, 5) is 16.6. The molecule has 1 amide bonds. The maximum absolute atomic E-state index is 11.7. The maximum atomic E-state index is 11.7. The van der Waals surface area contributed by atoms with Gasteiger partial charge in [0, 0.05) is 50.4 Å². The molecule has 2 fully saturated rings. The van der Waals surface area contributed by atoms with E-state index in [4.69, 9.17) is 0 Å². The van der Waals surface area contributed by atoms with E-state index >= 15 is 0 Å². The highest BCUT2D eigenvalue weighted by Crippen LogP contribution is 2.30. The fraction of sp³-hybridized carbons (Fsp3) is 0.611. The fourth-order valence-electron chi connectivity index (χ4n) is 3.84. The van der Waals surface area contributed by atoms with Crippen molar-refractivity contribution in [2.75, 3.05) is 24.5 Å². The van der Waals surface area contributed by atoms with Crippen LogP contribution in [0.5, 0.6) is 0 Å². The number of hydrogen-bond donors (Lipinski definition) is 1. The van der Waals surface area contributed by atoms with Crippen LogP contribution in [0.15, 0.2) is 24.3 Å². The lowest BCUT2D eigenvalue weighted by Crippen LogP contribution is -2.37. The maximum Gasteiger partial charge on any atom is 0.221 e. The Morgan fingerprint density at radius 2 is 1.82 bits per heavy atom. The lowest BCUT2D eigenvalue weighted by molar-refractivity contribution is -0.121. The van der Waals surface area contributed by atoms with Crippen molar-refractivity contribution in [3.05, 3.63) is 29.8 Å². The number of carbonyl (C=O) groups excluding carboxylic acids is 1. The molecule has 2 atom stereocenters. The molecule has 0 aliphatic carbocycles. The van der Waals surface area contributed by atoms with Crippen LogP contribution in [-0.4, -0.2) is 42.5 Å². The van der Waals surface area contributed by atoms with Gasteiger partial charge >= 0.3 is 0 Å². The second-order valence-electron chi connectivity index (χ2n) is 6.40. The zero-order valence-electron chi connectivity index (χ0n) is 13.7. The van der Waals surface area contributed by atoms with E-state index < -0.39 is 0 Å². The zero-order chi connectivity index (χ0) is 15.5. The molecule has 1 aromatic rings. The highest BCUT2D eigenvalue weighted by atomic mass is 16.1. The minimum Gasteiger partial charge on any atom is -0.372 e. The summed E-state index contributed by atoms with van der Waals surface area (Å²) >= 11 is 0. The van der Waals surface area contributed by atoms with Gasteiger partial charge in [-0.1, -0.05) is 12.1 Å². The number of carbonyl (C=O) groups is 1. The standard InChI is InChI=1S/C18H27N3O/c1-3-20(4-2)15-7-5-14(6-8-15)13-21-16-9-10-17(21)12-19-18(22)11-16/h5-8,16-17H,3-4,9-13H2,1-2H3,(H,19,22)/t16-,17+/m1/s1.